The van der Waals surface area contributed by atoms with E-state index in [-0.39, 0.29) is 12.5 Å². The van der Waals surface area contributed by atoms with E-state index >= 15 is 0 Å². The van der Waals surface area contributed by atoms with E-state index < -0.39 is 41.6 Å². The highest BCUT2D eigenvalue weighted by Crippen LogP contribution is 2.35. The molecule has 2 rings (SSSR count). The van der Waals surface area contributed by atoms with E-state index in [4.69, 9.17) is 7.85 Å². The van der Waals surface area contributed by atoms with Crippen LogP contribution in [0.1, 0.15) is 41.5 Å². The molecule has 1 aliphatic carbocycles. The highest BCUT2D eigenvalue weighted by atomic mass is 32.1. The van der Waals surface area contributed by atoms with Gasteiger partial charge in [0.25, 0.3) is 0 Å². The average molecular weight is 436 g/mol. The van der Waals surface area contributed by atoms with Gasteiger partial charge in [-0.1, -0.05) is 13.8 Å². The van der Waals surface area contributed by atoms with E-state index in [1.165, 1.54) is 11.3 Å². The molecule has 4 N–H and O–H groups in total. The van der Waals surface area contributed by atoms with Crippen LogP contribution in [0.3, 0.4) is 0 Å². The number of hydrogen-bond donors (Lipinski definition) is 4. The molecule has 3 amide bonds. The number of fused-ring (bicyclic) bond motifs is 1. The second-order valence-electron chi connectivity index (χ2n) is 7.81. The van der Waals surface area contributed by atoms with Crippen LogP contribution >= 0.6 is 11.3 Å². The van der Waals surface area contributed by atoms with Crippen molar-refractivity contribution in [3.05, 3.63) is 21.9 Å². The summed E-state index contributed by atoms with van der Waals surface area (Å²) in [7, 11) is 11.1. The molecule has 9 nitrogen and oxygen atoms in total. The third-order valence-corrected chi connectivity index (χ3v) is 4.86. The van der Waals surface area contributed by atoms with Gasteiger partial charge >= 0.3 is 0 Å². The highest BCUT2D eigenvalue weighted by Gasteiger charge is 2.40. The van der Waals surface area contributed by atoms with Gasteiger partial charge in [-0.2, -0.15) is 0 Å². The zero-order valence-electron chi connectivity index (χ0n) is 17.9. The minimum Gasteiger partial charge on any atom is -0.382 e. The number of rotatable bonds is 7. The van der Waals surface area contributed by atoms with Crippen molar-refractivity contribution < 1.29 is 24.3 Å². The number of carbonyl (C=O) groups is 4. The molecular weight excluding hydrogens is 407 g/mol. The summed E-state index contributed by atoms with van der Waals surface area (Å²) in [5.41, 5.74) is 0.570. The number of hydrogen-bond acceptors (Lipinski definition) is 7. The molecule has 0 fully saturated rings. The molecule has 0 spiro atoms. The average Bonchev–Trinajstić information content (AvgIpc) is 3.17. The number of nitrogens with zero attached hydrogens (tertiary/aromatic N) is 1. The molecule has 0 aliphatic heterocycles. The molecule has 30 heavy (non-hydrogen) atoms. The Balaban J connectivity index is 0.00000103. The van der Waals surface area contributed by atoms with E-state index in [0.29, 0.717) is 16.9 Å². The van der Waals surface area contributed by atoms with Crippen LogP contribution in [0.25, 0.3) is 0 Å². The summed E-state index contributed by atoms with van der Waals surface area (Å²) in [6.07, 6.45) is -0.966. The van der Waals surface area contributed by atoms with Crippen LogP contribution in [0.15, 0.2) is 11.4 Å². The molecule has 11 heteroatoms. The van der Waals surface area contributed by atoms with Gasteiger partial charge in [-0.15, -0.1) is 11.3 Å². The summed E-state index contributed by atoms with van der Waals surface area (Å²) >= 11 is 1.21. The van der Waals surface area contributed by atoms with E-state index in [9.17, 15) is 24.3 Å². The molecule has 1 aromatic rings. The standard InChI is InChI=1S/C16H20BN3O5S.C3H9N/c1-7(2)5-9(19-16(17)25)15(24)18-6-10(21)20-11-8-3-4-26-14(8)13(23)12(11)22;1-4(2)3/h3-4,7,9,11-12,22H,5-6H2,1-2H3,(H,18,24)(H,19,25)(H,20,21);1-3H3. The van der Waals surface area contributed by atoms with Crippen molar-refractivity contribution in [2.75, 3.05) is 27.7 Å². The highest BCUT2D eigenvalue weighted by molar-refractivity contribution is 7.12. The first-order valence-corrected chi connectivity index (χ1v) is 10.4. The van der Waals surface area contributed by atoms with Gasteiger partial charge in [-0.25, -0.2) is 0 Å². The largest absolute Gasteiger partial charge is 0.382 e. The van der Waals surface area contributed by atoms with Crippen molar-refractivity contribution >= 4 is 42.6 Å². The predicted octanol–water partition coefficient (Wildman–Crippen LogP) is 0.0494. The maximum atomic E-state index is 12.2. The van der Waals surface area contributed by atoms with Crippen LogP contribution in [0.5, 0.6) is 0 Å². The first-order valence-electron chi connectivity index (χ1n) is 9.47. The molecule has 164 valence electrons. The summed E-state index contributed by atoms with van der Waals surface area (Å²) in [5, 5.41) is 19.0. The lowest BCUT2D eigenvalue weighted by molar-refractivity contribution is -0.127. The minimum atomic E-state index is -1.33. The van der Waals surface area contributed by atoms with Crippen molar-refractivity contribution in [1.29, 1.82) is 0 Å². The van der Waals surface area contributed by atoms with Gasteiger partial charge in [0.1, 0.15) is 12.1 Å². The lowest BCUT2D eigenvalue weighted by atomic mass is 10.0. The summed E-state index contributed by atoms with van der Waals surface area (Å²) in [6.45, 7) is 3.41. The van der Waals surface area contributed by atoms with Gasteiger partial charge in [0.05, 0.1) is 17.5 Å². The van der Waals surface area contributed by atoms with E-state index in [0.717, 1.165) is 0 Å². The summed E-state index contributed by atoms with van der Waals surface area (Å²) < 4.78 is 0. The van der Waals surface area contributed by atoms with Gasteiger partial charge in [-0.05, 0) is 50.5 Å². The Morgan fingerprint density at radius 1 is 1.27 bits per heavy atom. The SMILES string of the molecule is CN(C)C.[B]C(=O)NC(CC(C)C)C(=O)NCC(=O)NC1c2ccsc2C(=O)C1O. The number of ketones is 1. The Kier molecular flexibility index (Phi) is 10.2. The van der Waals surface area contributed by atoms with Gasteiger partial charge in [0.2, 0.25) is 25.4 Å². The normalized spacial score (nSPS) is 18.3. The van der Waals surface area contributed by atoms with E-state index in [1.54, 1.807) is 11.4 Å². The zero-order chi connectivity index (χ0) is 23.0. The molecule has 3 unspecified atom stereocenters. The number of amides is 3. The molecule has 1 heterocycles. The summed E-state index contributed by atoms with van der Waals surface area (Å²) in [4.78, 5) is 49.6. The molecule has 0 saturated heterocycles. The lowest BCUT2D eigenvalue weighted by Gasteiger charge is -2.20. The Morgan fingerprint density at radius 2 is 1.87 bits per heavy atom. The van der Waals surface area contributed by atoms with Gasteiger partial charge in [-0.3, -0.25) is 19.2 Å². The predicted molar refractivity (Wildman–Crippen MR) is 116 cm³/mol. The van der Waals surface area contributed by atoms with Crippen molar-refractivity contribution in [1.82, 2.24) is 20.9 Å². The number of aliphatic hydroxyl groups excluding tert-OH is 1. The molecule has 0 bridgehead atoms. The van der Waals surface area contributed by atoms with Gasteiger partial charge in [0.15, 0.2) is 5.81 Å². The van der Waals surface area contributed by atoms with Crippen molar-refractivity contribution in [3.63, 3.8) is 0 Å². The van der Waals surface area contributed by atoms with Crippen LogP contribution in [0, 0.1) is 5.92 Å². The first kappa shape index (κ1) is 25.8. The fraction of sp³-hybridized carbons (Fsp3) is 0.579. The van der Waals surface area contributed by atoms with Crippen LogP contribution in [-0.2, 0) is 9.59 Å². The number of thiophene rings is 1. The molecule has 2 radical (unpaired) electrons. The molecule has 0 saturated carbocycles. The smallest absolute Gasteiger partial charge is 0.242 e. The fourth-order valence-corrected chi connectivity index (χ4v) is 3.69. The second kappa shape index (κ2) is 11.8. The Labute approximate surface area is 182 Å². The van der Waals surface area contributed by atoms with Crippen LogP contribution < -0.4 is 16.0 Å². The Hall–Kier alpha value is -2.24. The number of aliphatic hydroxyl groups is 1. The number of carbonyl (C=O) groups excluding carboxylic acids is 4. The second-order valence-corrected chi connectivity index (χ2v) is 8.73. The van der Waals surface area contributed by atoms with Crippen LogP contribution in [0.2, 0.25) is 0 Å². The van der Waals surface area contributed by atoms with Crippen molar-refractivity contribution in [3.8, 4) is 0 Å². The van der Waals surface area contributed by atoms with E-state index in [1.807, 2.05) is 39.9 Å². The Bertz CT molecular complexity index is 765. The third kappa shape index (κ3) is 7.89. The number of nitrogens with one attached hydrogen (secondary N) is 3. The van der Waals surface area contributed by atoms with Crippen LogP contribution in [0.4, 0.5) is 4.79 Å². The topological polar surface area (TPSA) is 128 Å². The minimum absolute atomic E-state index is 0.128. The molecular formula is C19H29BN4O5S. The molecule has 1 aliphatic rings. The summed E-state index contributed by atoms with van der Waals surface area (Å²) in [6, 6.07) is -0.00150. The summed E-state index contributed by atoms with van der Waals surface area (Å²) in [5.74, 6) is -2.22. The third-order valence-electron chi connectivity index (χ3n) is 3.92. The van der Waals surface area contributed by atoms with Crippen molar-refractivity contribution in [2.45, 2.75) is 38.5 Å². The van der Waals surface area contributed by atoms with Crippen LogP contribution in [-0.4, -0.2) is 81.1 Å². The zero-order valence-corrected chi connectivity index (χ0v) is 18.7. The van der Waals surface area contributed by atoms with Gasteiger partial charge in [0, 0.05) is 0 Å². The maximum absolute atomic E-state index is 12.2. The maximum Gasteiger partial charge on any atom is 0.242 e. The Morgan fingerprint density at radius 3 is 2.40 bits per heavy atom. The quantitative estimate of drug-likeness (QED) is 0.448. The monoisotopic (exact) mass is 436 g/mol. The fourth-order valence-electron chi connectivity index (χ4n) is 2.77. The molecule has 1 aromatic heterocycles. The lowest BCUT2D eigenvalue weighted by Crippen LogP contribution is -2.50. The molecule has 3 atom stereocenters. The van der Waals surface area contributed by atoms with Crippen molar-refractivity contribution in [2.24, 2.45) is 5.92 Å². The van der Waals surface area contributed by atoms with E-state index in [2.05, 4.69) is 16.0 Å². The van der Waals surface area contributed by atoms with Gasteiger partial charge < -0.3 is 26.0 Å². The molecule has 0 aromatic carbocycles. The number of Topliss-reactive ketones (excluding diaryl/α,β-unsaturated/α-hetero) is 1. The first-order chi connectivity index (χ1) is 13.9.